The smallest absolute Gasteiger partial charge is 0.135 e. The van der Waals surface area contributed by atoms with E-state index < -0.39 is 13.7 Å². The van der Waals surface area contributed by atoms with Crippen molar-refractivity contribution in [1.82, 2.24) is 0 Å². The molecule has 0 aromatic heterocycles. The molecule has 1 N–H and O–H groups in total. The molecule has 0 saturated carbocycles. The summed E-state index contributed by atoms with van der Waals surface area (Å²) in [6.07, 6.45) is 15.2. The normalized spacial score (nSPS) is 15.3. The van der Waals surface area contributed by atoms with Crippen molar-refractivity contribution in [2.24, 2.45) is 0 Å². The maximum absolute atomic E-state index is 11.9. The van der Waals surface area contributed by atoms with Crippen molar-refractivity contribution >= 4 is 7.60 Å². The molecule has 0 bridgehead atoms. The van der Waals surface area contributed by atoms with Crippen LogP contribution in [0.2, 0.25) is 0 Å². The summed E-state index contributed by atoms with van der Waals surface area (Å²) in [6, 6.07) is 0. The van der Waals surface area contributed by atoms with Gasteiger partial charge in [0.05, 0.1) is 40.9 Å². The molecule has 0 radical (unpaired) electrons. The molecule has 0 aromatic rings. The van der Waals surface area contributed by atoms with Gasteiger partial charge in [-0.3, -0.25) is 0 Å². The molecule has 7 heteroatoms. The van der Waals surface area contributed by atoms with E-state index in [1.807, 2.05) is 21.1 Å². The molecule has 0 aliphatic rings. The van der Waals surface area contributed by atoms with E-state index in [1.54, 1.807) is 0 Å². The second-order valence-corrected chi connectivity index (χ2v) is 11.5. The Morgan fingerprint density at radius 1 is 0.833 bits per heavy atom. The van der Waals surface area contributed by atoms with Crippen molar-refractivity contribution in [3.8, 4) is 0 Å². The second kappa shape index (κ2) is 18.6. The Kier molecular flexibility index (Phi) is 18.6. The van der Waals surface area contributed by atoms with Crippen molar-refractivity contribution in [3.05, 3.63) is 0 Å². The highest BCUT2D eigenvalue weighted by molar-refractivity contribution is 7.51. The summed E-state index contributed by atoms with van der Waals surface area (Å²) in [5.41, 5.74) is 0. The monoisotopic (exact) mass is 451 g/mol. The lowest BCUT2D eigenvalue weighted by molar-refractivity contribution is -0.870. The number of ether oxygens (including phenoxy) is 1. The number of unbranched alkanes of at least 4 members (excludes halogenated alkanes) is 11. The Morgan fingerprint density at radius 2 is 1.33 bits per heavy atom. The highest BCUT2D eigenvalue weighted by Crippen LogP contribution is 2.37. The van der Waals surface area contributed by atoms with Crippen LogP contribution < -0.4 is 4.89 Å². The van der Waals surface area contributed by atoms with E-state index in [-0.39, 0.29) is 19.4 Å². The van der Waals surface area contributed by atoms with E-state index in [4.69, 9.17) is 9.26 Å². The molecule has 182 valence electrons. The number of nitrogens with zero attached hydrogens (tertiary/aromatic N) is 1. The molecule has 30 heavy (non-hydrogen) atoms. The first-order chi connectivity index (χ1) is 14.2. The van der Waals surface area contributed by atoms with Crippen LogP contribution in [0.25, 0.3) is 0 Å². The van der Waals surface area contributed by atoms with E-state index in [2.05, 4.69) is 6.92 Å². The van der Waals surface area contributed by atoms with Crippen LogP contribution >= 0.6 is 7.60 Å². The van der Waals surface area contributed by atoms with Gasteiger partial charge in [-0.2, -0.15) is 0 Å². The van der Waals surface area contributed by atoms with Crippen LogP contribution in [-0.4, -0.2) is 69.4 Å². The summed E-state index contributed by atoms with van der Waals surface area (Å²) in [6.45, 7) is 3.53. The fourth-order valence-electron chi connectivity index (χ4n) is 3.32. The van der Waals surface area contributed by atoms with Gasteiger partial charge in [0.1, 0.15) is 13.7 Å². The predicted molar refractivity (Wildman–Crippen MR) is 124 cm³/mol. The maximum Gasteiger partial charge on any atom is 0.135 e. The van der Waals surface area contributed by atoms with Gasteiger partial charge in [0.25, 0.3) is 0 Å². The lowest BCUT2D eigenvalue weighted by atomic mass is 10.1. The molecule has 1 unspecified atom stereocenters. The third kappa shape index (κ3) is 22.7. The second-order valence-electron chi connectivity index (χ2n) is 9.62. The molecular formula is C23H50NO5P. The summed E-state index contributed by atoms with van der Waals surface area (Å²) >= 11 is 0. The molecule has 0 rings (SSSR count). The van der Waals surface area contributed by atoms with Crippen molar-refractivity contribution in [3.63, 3.8) is 0 Å². The summed E-state index contributed by atoms with van der Waals surface area (Å²) in [5, 5.41) is 9.85. The van der Waals surface area contributed by atoms with Gasteiger partial charge >= 0.3 is 0 Å². The Balaban J connectivity index is 3.44. The van der Waals surface area contributed by atoms with E-state index in [9.17, 15) is 14.6 Å². The molecule has 2 atom stereocenters. The third-order valence-corrected chi connectivity index (χ3v) is 6.58. The maximum atomic E-state index is 11.9. The number of aliphatic hydroxyl groups is 1. The number of hydrogen-bond donors (Lipinski definition) is 1. The summed E-state index contributed by atoms with van der Waals surface area (Å²) in [4.78, 5) is 11.9. The Labute approximate surface area is 186 Å². The minimum atomic E-state index is -3.88. The Hall–Kier alpha value is 0.0300. The van der Waals surface area contributed by atoms with Crippen LogP contribution in [0.1, 0.15) is 90.4 Å². The minimum absolute atomic E-state index is 0.00888. The van der Waals surface area contributed by atoms with Crippen molar-refractivity contribution in [2.75, 3.05) is 53.7 Å². The molecule has 0 aliphatic heterocycles. The van der Waals surface area contributed by atoms with Crippen molar-refractivity contribution < 1.29 is 28.3 Å². The van der Waals surface area contributed by atoms with Gasteiger partial charge in [-0.15, -0.1) is 0 Å². The van der Waals surface area contributed by atoms with Gasteiger partial charge in [0.15, 0.2) is 0 Å². The van der Waals surface area contributed by atoms with Crippen molar-refractivity contribution in [2.45, 2.75) is 96.5 Å². The lowest BCUT2D eigenvalue weighted by Gasteiger charge is -2.28. The fourth-order valence-corrected chi connectivity index (χ4v) is 4.37. The summed E-state index contributed by atoms with van der Waals surface area (Å²) in [5.74, 6) is 0. The van der Waals surface area contributed by atoms with Gasteiger partial charge < -0.3 is 28.3 Å². The first-order valence-corrected chi connectivity index (χ1v) is 13.9. The zero-order chi connectivity index (χ0) is 22.7. The fraction of sp³-hybridized carbons (Fsp3) is 1.00. The zero-order valence-corrected chi connectivity index (χ0v) is 21.2. The van der Waals surface area contributed by atoms with Gasteiger partial charge in [-0.25, -0.2) is 0 Å². The summed E-state index contributed by atoms with van der Waals surface area (Å²) < 4.78 is 23.0. The zero-order valence-electron chi connectivity index (χ0n) is 20.3. The molecule has 0 spiro atoms. The minimum Gasteiger partial charge on any atom is -0.778 e. The number of hydrogen-bond acceptors (Lipinski definition) is 5. The SMILES string of the molecule is CCCCCCCCCCCCCCOC[C@@H](O)COP(=O)([O-])CCC[N+](C)(C)C. The molecule has 0 fully saturated rings. The van der Waals surface area contributed by atoms with Crippen LogP contribution in [0.4, 0.5) is 0 Å². The number of quaternary nitrogens is 1. The molecule has 6 nitrogen and oxygen atoms in total. The van der Waals surface area contributed by atoms with Crippen LogP contribution in [0.5, 0.6) is 0 Å². The van der Waals surface area contributed by atoms with Crippen molar-refractivity contribution in [1.29, 1.82) is 0 Å². The highest BCUT2D eigenvalue weighted by Gasteiger charge is 2.15. The Bertz CT molecular complexity index is 428. The van der Waals surface area contributed by atoms with Gasteiger partial charge in [-0.05, 0) is 6.42 Å². The average Bonchev–Trinajstić information content (AvgIpc) is 2.65. The van der Waals surface area contributed by atoms with Gasteiger partial charge in [-0.1, -0.05) is 77.6 Å². The topological polar surface area (TPSA) is 78.8 Å². The molecule has 0 saturated heterocycles. The number of aliphatic hydroxyl groups excluding tert-OH is 1. The van der Waals surface area contributed by atoms with Crippen LogP contribution in [0.3, 0.4) is 0 Å². The molecule has 0 aliphatic carbocycles. The van der Waals surface area contributed by atoms with Gasteiger partial charge in [0, 0.05) is 19.2 Å². The van der Waals surface area contributed by atoms with E-state index in [1.165, 1.54) is 64.2 Å². The molecule has 0 heterocycles. The van der Waals surface area contributed by atoms with E-state index in [0.717, 1.165) is 23.9 Å². The van der Waals surface area contributed by atoms with E-state index in [0.29, 0.717) is 13.0 Å². The quantitative estimate of drug-likeness (QED) is 0.146. The number of rotatable bonds is 22. The molecular weight excluding hydrogens is 401 g/mol. The third-order valence-electron chi connectivity index (χ3n) is 5.18. The highest BCUT2D eigenvalue weighted by atomic mass is 31.2. The lowest BCUT2D eigenvalue weighted by Crippen LogP contribution is -2.36. The summed E-state index contributed by atoms with van der Waals surface area (Å²) in [7, 11) is 2.18. The first kappa shape index (κ1) is 30.0. The van der Waals surface area contributed by atoms with Crippen LogP contribution in [0.15, 0.2) is 0 Å². The first-order valence-electron chi connectivity index (χ1n) is 12.2. The van der Waals surface area contributed by atoms with Gasteiger partial charge in [0.2, 0.25) is 0 Å². The van der Waals surface area contributed by atoms with E-state index >= 15 is 0 Å². The average molecular weight is 452 g/mol. The molecule has 0 amide bonds. The van der Waals surface area contributed by atoms with Crippen LogP contribution in [0, 0.1) is 0 Å². The Morgan fingerprint density at radius 3 is 1.83 bits per heavy atom. The van der Waals surface area contributed by atoms with Crippen LogP contribution in [-0.2, 0) is 13.8 Å². The predicted octanol–water partition coefficient (Wildman–Crippen LogP) is 4.73. The standard InChI is InChI=1S/C23H50NO5P/c1-5-6-7-8-9-10-11-12-13-14-15-16-19-28-21-23(25)22-29-30(26,27)20-17-18-24(2,3)4/h23,25H,5-22H2,1-4H3/t23-/m1/s1. The largest absolute Gasteiger partial charge is 0.778 e. The molecule has 0 aromatic carbocycles.